The van der Waals surface area contributed by atoms with Gasteiger partial charge >= 0.3 is 0 Å². The number of allylic oxidation sites excluding steroid dienone is 1. The number of nitrogens with zero attached hydrogens (tertiary/aromatic N) is 4. The molecule has 0 aliphatic rings. The van der Waals surface area contributed by atoms with Gasteiger partial charge in [0.15, 0.2) is 11.0 Å². The van der Waals surface area contributed by atoms with Crippen molar-refractivity contribution in [1.82, 2.24) is 14.8 Å². The quantitative estimate of drug-likeness (QED) is 0.240. The zero-order valence-corrected chi connectivity index (χ0v) is 15.9. The molecule has 0 atom stereocenters. The Bertz CT molecular complexity index is 1020. The number of nitro groups is 1. The summed E-state index contributed by atoms with van der Waals surface area (Å²) >= 11 is 1.33. The molecule has 7 nitrogen and oxygen atoms in total. The number of methoxy groups -OCH3 is 1. The van der Waals surface area contributed by atoms with Gasteiger partial charge in [-0.05, 0) is 18.2 Å². The average molecular weight is 400 g/mol. The Morgan fingerprint density at radius 2 is 2.11 bits per heavy atom. The van der Waals surface area contributed by atoms with Crippen LogP contribution in [0.15, 0.2) is 60.3 Å². The van der Waals surface area contributed by atoms with Gasteiger partial charge in [0.05, 0.1) is 17.6 Å². The lowest BCUT2D eigenvalue weighted by Crippen LogP contribution is -2.02. The Labute approximate surface area is 165 Å². The molecule has 28 heavy (non-hydrogen) atoms. The molecule has 0 radical (unpaired) electrons. The number of benzene rings is 2. The van der Waals surface area contributed by atoms with E-state index in [0.717, 1.165) is 0 Å². The fourth-order valence-electron chi connectivity index (χ4n) is 2.66. The van der Waals surface area contributed by atoms with E-state index >= 15 is 0 Å². The van der Waals surface area contributed by atoms with Crippen LogP contribution in [0.4, 0.5) is 10.1 Å². The Balaban J connectivity index is 1.92. The lowest BCUT2D eigenvalue weighted by molar-refractivity contribution is -0.384. The first-order valence-electron chi connectivity index (χ1n) is 8.28. The summed E-state index contributed by atoms with van der Waals surface area (Å²) in [5.41, 5.74) is 0.981. The van der Waals surface area contributed by atoms with Gasteiger partial charge < -0.3 is 4.74 Å². The van der Waals surface area contributed by atoms with E-state index in [1.54, 1.807) is 34.9 Å². The number of rotatable bonds is 8. The number of thioether (sulfide) groups is 1. The molecule has 0 aliphatic carbocycles. The van der Waals surface area contributed by atoms with E-state index in [-0.39, 0.29) is 5.69 Å². The van der Waals surface area contributed by atoms with Gasteiger partial charge in [-0.15, -0.1) is 16.8 Å². The van der Waals surface area contributed by atoms with E-state index in [1.807, 2.05) is 0 Å². The monoisotopic (exact) mass is 400 g/mol. The number of aromatic nitrogens is 3. The Kier molecular flexibility index (Phi) is 6.05. The zero-order valence-electron chi connectivity index (χ0n) is 15.0. The fraction of sp³-hybridized carbons (Fsp3) is 0.158. The van der Waals surface area contributed by atoms with Crippen LogP contribution in [0.5, 0.6) is 5.75 Å². The molecule has 1 heterocycles. The molecule has 0 unspecified atom stereocenters. The Hall–Kier alpha value is -3.20. The highest BCUT2D eigenvalue weighted by Gasteiger charge is 2.18. The van der Waals surface area contributed by atoms with Crippen molar-refractivity contribution in [2.24, 2.45) is 0 Å². The molecule has 0 spiro atoms. The molecule has 0 saturated heterocycles. The third-order valence-corrected chi connectivity index (χ3v) is 4.99. The van der Waals surface area contributed by atoms with E-state index in [0.29, 0.717) is 40.2 Å². The summed E-state index contributed by atoms with van der Waals surface area (Å²) < 4.78 is 21.2. The van der Waals surface area contributed by atoms with Gasteiger partial charge in [0.2, 0.25) is 0 Å². The number of nitro benzene ring substituents is 1. The second-order valence-corrected chi connectivity index (χ2v) is 6.67. The van der Waals surface area contributed by atoms with E-state index in [2.05, 4.69) is 16.8 Å². The number of halogens is 1. The van der Waals surface area contributed by atoms with Crippen molar-refractivity contribution in [3.8, 4) is 17.1 Å². The minimum absolute atomic E-state index is 0.0176. The van der Waals surface area contributed by atoms with Crippen molar-refractivity contribution in [3.63, 3.8) is 0 Å². The molecule has 3 aromatic rings. The highest BCUT2D eigenvalue weighted by Crippen LogP contribution is 2.32. The van der Waals surface area contributed by atoms with Gasteiger partial charge in [-0.3, -0.25) is 14.7 Å². The van der Waals surface area contributed by atoms with Crippen LogP contribution in [0.3, 0.4) is 0 Å². The molecule has 0 saturated carbocycles. The van der Waals surface area contributed by atoms with E-state index in [4.69, 9.17) is 4.74 Å². The maximum Gasteiger partial charge on any atom is 0.270 e. The normalized spacial score (nSPS) is 10.6. The van der Waals surface area contributed by atoms with Crippen LogP contribution in [-0.4, -0.2) is 26.8 Å². The van der Waals surface area contributed by atoms with E-state index in [1.165, 1.54) is 37.1 Å². The maximum absolute atomic E-state index is 14.2. The fourth-order valence-corrected chi connectivity index (χ4v) is 3.59. The van der Waals surface area contributed by atoms with Crippen LogP contribution in [0.25, 0.3) is 11.4 Å². The highest BCUT2D eigenvalue weighted by atomic mass is 32.2. The predicted octanol–water partition coefficient (Wildman–Crippen LogP) is 4.48. The SMILES string of the molecule is C=CCn1c(SCc2cc([N+](=O)[O-])ccc2OC)nnc1-c1ccccc1F. The summed E-state index contributed by atoms with van der Waals surface area (Å²) in [6.07, 6.45) is 1.67. The summed E-state index contributed by atoms with van der Waals surface area (Å²) in [4.78, 5) is 10.6. The molecular weight excluding hydrogens is 383 g/mol. The van der Waals surface area contributed by atoms with Crippen molar-refractivity contribution in [1.29, 1.82) is 0 Å². The first-order chi connectivity index (χ1) is 13.5. The van der Waals surface area contributed by atoms with Crippen LogP contribution >= 0.6 is 11.8 Å². The largest absolute Gasteiger partial charge is 0.496 e. The molecule has 0 N–H and O–H groups in total. The zero-order chi connectivity index (χ0) is 20.1. The summed E-state index contributed by atoms with van der Waals surface area (Å²) in [5.74, 6) is 0.919. The number of hydrogen-bond donors (Lipinski definition) is 0. The third-order valence-electron chi connectivity index (χ3n) is 3.97. The maximum atomic E-state index is 14.2. The summed E-state index contributed by atoms with van der Waals surface area (Å²) in [7, 11) is 1.51. The molecule has 1 aromatic heterocycles. The lowest BCUT2D eigenvalue weighted by Gasteiger charge is -2.10. The second kappa shape index (κ2) is 8.66. The summed E-state index contributed by atoms with van der Waals surface area (Å²) in [6, 6.07) is 10.8. The van der Waals surface area contributed by atoms with Crippen molar-refractivity contribution in [2.75, 3.05) is 7.11 Å². The van der Waals surface area contributed by atoms with Gasteiger partial charge in [0.1, 0.15) is 11.6 Å². The minimum atomic E-state index is -0.454. The molecule has 9 heteroatoms. The van der Waals surface area contributed by atoms with Crippen molar-refractivity contribution in [3.05, 3.63) is 76.6 Å². The van der Waals surface area contributed by atoms with Gasteiger partial charge in [-0.1, -0.05) is 30.0 Å². The van der Waals surface area contributed by atoms with E-state index in [9.17, 15) is 14.5 Å². The molecule has 2 aromatic carbocycles. The average Bonchev–Trinajstić information content (AvgIpc) is 3.09. The van der Waals surface area contributed by atoms with Crippen LogP contribution in [0.1, 0.15) is 5.56 Å². The molecule has 0 amide bonds. The van der Waals surface area contributed by atoms with Gasteiger partial charge in [0.25, 0.3) is 5.69 Å². The van der Waals surface area contributed by atoms with Crippen LogP contribution in [0.2, 0.25) is 0 Å². The molecule has 0 aliphatic heterocycles. The lowest BCUT2D eigenvalue weighted by atomic mass is 10.2. The summed E-state index contributed by atoms with van der Waals surface area (Å²) in [5, 5.41) is 19.9. The standard InChI is InChI=1S/C19H17FN4O3S/c1-3-10-23-18(15-6-4-5-7-16(15)20)21-22-19(23)28-12-13-11-14(24(25)26)8-9-17(13)27-2/h3-9,11H,1,10,12H2,2H3. The second-order valence-electron chi connectivity index (χ2n) is 5.73. The molecule has 0 fully saturated rings. The first-order valence-corrected chi connectivity index (χ1v) is 9.26. The van der Waals surface area contributed by atoms with Crippen LogP contribution in [-0.2, 0) is 12.3 Å². The smallest absolute Gasteiger partial charge is 0.270 e. The van der Waals surface area contributed by atoms with Gasteiger partial charge in [0, 0.05) is 30.0 Å². The van der Waals surface area contributed by atoms with Crippen molar-refractivity contribution >= 4 is 17.4 Å². The molecule has 0 bridgehead atoms. The highest BCUT2D eigenvalue weighted by molar-refractivity contribution is 7.98. The van der Waals surface area contributed by atoms with Gasteiger partial charge in [-0.2, -0.15) is 0 Å². The third kappa shape index (κ3) is 4.04. The van der Waals surface area contributed by atoms with Crippen LogP contribution < -0.4 is 4.74 Å². The van der Waals surface area contributed by atoms with Crippen LogP contribution in [0, 0.1) is 15.9 Å². The molecule has 3 rings (SSSR count). The molecular formula is C19H17FN4O3S. The molecule has 144 valence electrons. The topological polar surface area (TPSA) is 83.1 Å². The number of ether oxygens (including phenoxy) is 1. The van der Waals surface area contributed by atoms with Crippen molar-refractivity contribution in [2.45, 2.75) is 17.5 Å². The van der Waals surface area contributed by atoms with Crippen molar-refractivity contribution < 1.29 is 14.1 Å². The first kappa shape index (κ1) is 19.6. The number of non-ortho nitro benzene ring substituents is 1. The minimum Gasteiger partial charge on any atom is -0.496 e. The Morgan fingerprint density at radius 1 is 1.32 bits per heavy atom. The number of hydrogen-bond acceptors (Lipinski definition) is 6. The van der Waals surface area contributed by atoms with Gasteiger partial charge in [-0.25, -0.2) is 4.39 Å². The predicted molar refractivity (Wildman–Crippen MR) is 105 cm³/mol. The van der Waals surface area contributed by atoms with E-state index < -0.39 is 10.7 Å². The summed E-state index contributed by atoms with van der Waals surface area (Å²) in [6.45, 7) is 4.13. The Morgan fingerprint density at radius 3 is 2.79 bits per heavy atom.